The summed E-state index contributed by atoms with van der Waals surface area (Å²) in [6.45, 7) is 2.31. The zero-order valence-corrected chi connectivity index (χ0v) is 17.6. The van der Waals surface area contributed by atoms with Gasteiger partial charge in [0, 0.05) is 18.3 Å². The molecule has 0 saturated heterocycles. The van der Waals surface area contributed by atoms with E-state index in [1.54, 1.807) is 13.0 Å². The average molecular weight is 450 g/mol. The van der Waals surface area contributed by atoms with Gasteiger partial charge >= 0.3 is 6.36 Å². The van der Waals surface area contributed by atoms with Crippen molar-refractivity contribution in [3.05, 3.63) is 42.1 Å². The van der Waals surface area contributed by atoms with Crippen molar-refractivity contribution in [2.45, 2.75) is 44.6 Å². The van der Waals surface area contributed by atoms with E-state index < -0.39 is 17.9 Å². The Hall–Kier alpha value is -2.81. The van der Waals surface area contributed by atoms with Crippen molar-refractivity contribution in [1.82, 2.24) is 10.3 Å². The maximum Gasteiger partial charge on any atom is 0.573 e. The number of aliphatic hydroxyl groups is 1. The van der Waals surface area contributed by atoms with Crippen molar-refractivity contribution < 1.29 is 32.5 Å². The minimum absolute atomic E-state index is 0.120. The smallest absolute Gasteiger partial charge is 0.477 e. The number of nitrogens with zero attached hydrogens (tertiary/aromatic N) is 1. The Labute approximate surface area is 183 Å². The summed E-state index contributed by atoms with van der Waals surface area (Å²) < 4.78 is 47.1. The van der Waals surface area contributed by atoms with Gasteiger partial charge in [0.05, 0.1) is 17.8 Å². The first kappa shape index (κ1) is 22.4. The molecule has 1 aromatic heterocycles. The highest BCUT2D eigenvalue weighted by Gasteiger charge is 2.40. The van der Waals surface area contributed by atoms with Crippen LogP contribution in [0.5, 0.6) is 11.6 Å². The van der Waals surface area contributed by atoms with E-state index in [4.69, 9.17) is 4.74 Å². The first-order valence-electron chi connectivity index (χ1n) is 10.6. The lowest BCUT2D eigenvalue weighted by Gasteiger charge is -2.23. The number of carbonyl (C=O) groups is 1. The number of aromatic nitrogens is 1. The SMILES string of the molecule is C[C@@](O)(CNC(=O)c1cnc(OCC2CC2)c(-c2ccc(OC(F)(F)F)cc2)c1)C1CC1. The third-order valence-electron chi connectivity index (χ3n) is 5.73. The lowest BCUT2D eigenvalue weighted by molar-refractivity contribution is -0.274. The van der Waals surface area contributed by atoms with Crippen molar-refractivity contribution in [3.8, 4) is 22.8 Å². The van der Waals surface area contributed by atoms with Gasteiger partial charge in [0.2, 0.25) is 5.88 Å². The molecule has 1 aromatic carbocycles. The Balaban J connectivity index is 1.54. The average Bonchev–Trinajstić information content (AvgIpc) is 3.63. The lowest BCUT2D eigenvalue weighted by atomic mass is 10.0. The molecule has 2 fully saturated rings. The fraction of sp³-hybridized carbons (Fsp3) is 0.478. The van der Waals surface area contributed by atoms with Crippen molar-refractivity contribution in [2.24, 2.45) is 11.8 Å². The van der Waals surface area contributed by atoms with Gasteiger partial charge in [-0.2, -0.15) is 0 Å². The van der Waals surface area contributed by atoms with Crippen LogP contribution in [0.2, 0.25) is 0 Å². The van der Waals surface area contributed by atoms with Crippen LogP contribution in [-0.2, 0) is 0 Å². The van der Waals surface area contributed by atoms with Crippen LogP contribution in [0.15, 0.2) is 36.5 Å². The molecule has 6 nitrogen and oxygen atoms in total. The third-order valence-corrected chi connectivity index (χ3v) is 5.73. The molecule has 2 aliphatic rings. The lowest BCUT2D eigenvalue weighted by Crippen LogP contribution is -2.42. The van der Waals surface area contributed by atoms with Gasteiger partial charge in [0.1, 0.15) is 5.75 Å². The van der Waals surface area contributed by atoms with E-state index in [2.05, 4.69) is 15.0 Å². The van der Waals surface area contributed by atoms with Crippen LogP contribution in [0, 0.1) is 11.8 Å². The molecule has 2 N–H and O–H groups in total. The first-order chi connectivity index (χ1) is 15.1. The van der Waals surface area contributed by atoms with Crippen LogP contribution in [0.4, 0.5) is 13.2 Å². The van der Waals surface area contributed by atoms with Crippen molar-refractivity contribution in [2.75, 3.05) is 13.2 Å². The number of pyridine rings is 1. The van der Waals surface area contributed by atoms with Gasteiger partial charge in [-0.1, -0.05) is 12.1 Å². The maximum absolute atomic E-state index is 12.7. The fourth-order valence-electron chi connectivity index (χ4n) is 3.43. The van der Waals surface area contributed by atoms with Crippen LogP contribution in [0.1, 0.15) is 43.0 Å². The highest BCUT2D eigenvalue weighted by Crippen LogP contribution is 2.39. The minimum Gasteiger partial charge on any atom is -0.477 e. The Morgan fingerprint density at radius 2 is 1.88 bits per heavy atom. The van der Waals surface area contributed by atoms with E-state index in [1.807, 2.05) is 0 Å². The standard InChI is InChI=1S/C23H25F3N2O4/c1-22(30,17-6-7-17)13-28-20(29)16-10-19(21(27-11-16)31-12-14-2-3-14)15-4-8-18(9-5-15)32-23(24,25)26/h4-5,8-11,14,17,30H,2-3,6-7,12-13H2,1H3,(H,28,29)/t22-/m1/s1. The number of nitrogens with one attached hydrogen (secondary N) is 1. The molecule has 1 atom stereocenters. The minimum atomic E-state index is -4.78. The number of ether oxygens (including phenoxy) is 2. The Kier molecular flexibility index (Phi) is 6.03. The molecule has 9 heteroatoms. The Bertz CT molecular complexity index is 968. The maximum atomic E-state index is 12.7. The molecule has 0 spiro atoms. The molecule has 4 rings (SSSR count). The van der Waals surface area contributed by atoms with Crippen LogP contribution < -0.4 is 14.8 Å². The summed E-state index contributed by atoms with van der Waals surface area (Å²) in [5.74, 6) is 0.228. The molecule has 172 valence electrons. The number of halogens is 3. The second-order valence-corrected chi connectivity index (χ2v) is 8.72. The zero-order valence-electron chi connectivity index (χ0n) is 17.6. The number of rotatable bonds is 9. The van der Waals surface area contributed by atoms with Gasteiger partial charge in [0.25, 0.3) is 5.91 Å². The number of hydrogen-bond donors (Lipinski definition) is 2. The monoisotopic (exact) mass is 450 g/mol. The second-order valence-electron chi connectivity index (χ2n) is 8.72. The molecule has 1 heterocycles. The van der Waals surface area contributed by atoms with Gasteiger partial charge in [-0.05, 0) is 68.2 Å². The van der Waals surface area contributed by atoms with E-state index in [0.717, 1.165) is 25.7 Å². The summed E-state index contributed by atoms with van der Waals surface area (Å²) in [4.78, 5) is 17.0. The topological polar surface area (TPSA) is 80.7 Å². The van der Waals surface area contributed by atoms with E-state index >= 15 is 0 Å². The number of benzene rings is 1. The number of amides is 1. The van der Waals surface area contributed by atoms with E-state index in [9.17, 15) is 23.1 Å². The molecule has 2 saturated carbocycles. The summed E-state index contributed by atoms with van der Waals surface area (Å²) in [7, 11) is 0. The molecule has 0 radical (unpaired) electrons. The first-order valence-corrected chi connectivity index (χ1v) is 10.6. The van der Waals surface area contributed by atoms with Gasteiger partial charge in [-0.15, -0.1) is 13.2 Å². The van der Waals surface area contributed by atoms with Crippen LogP contribution in [-0.4, -0.2) is 41.1 Å². The highest BCUT2D eigenvalue weighted by molar-refractivity contribution is 5.95. The molecule has 2 aromatic rings. The van der Waals surface area contributed by atoms with Crippen LogP contribution in [0.3, 0.4) is 0 Å². The molecule has 0 aliphatic heterocycles. The predicted octanol–water partition coefficient (Wildman–Crippen LogP) is 4.33. The third kappa shape index (κ3) is 5.91. The van der Waals surface area contributed by atoms with Gasteiger partial charge in [0.15, 0.2) is 0 Å². The predicted molar refractivity (Wildman–Crippen MR) is 110 cm³/mol. The van der Waals surface area contributed by atoms with Crippen molar-refractivity contribution in [3.63, 3.8) is 0 Å². The molecule has 0 unspecified atom stereocenters. The summed E-state index contributed by atoms with van der Waals surface area (Å²) in [6.07, 6.45) is 0.668. The quantitative estimate of drug-likeness (QED) is 0.595. The zero-order chi connectivity index (χ0) is 22.9. The Morgan fingerprint density at radius 3 is 2.47 bits per heavy atom. The molecule has 2 aliphatic carbocycles. The van der Waals surface area contributed by atoms with Gasteiger partial charge in [-0.3, -0.25) is 4.79 Å². The Morgan fingerprint density at radius 1 is 1.19 bits per heavy atom. The number of hydrogen-bond acceptors (Lipinski definition) is 5. The van der Waals surface area contributed by atoms with E-state index in [0.29, 0.717) is 29.5 Å². The second kappa shape index (κ2) is 8.61. The molecular weight excluding hydrogens is 425 g/mol. The highest BCUT2D eigenvalue weighted by atomic mass is 19.4. The fourth-order valence-corrected chi connectivity index (χ4v) is 3.43. The number of carbonyl (C=O) groups excluding carboxylic acids is 1. The van der Waals surface area contributed by atoms with E-state index in [1.165, 1.54) is 30.5 Å². The molecule has 32 heavy (non-hydrogen) atoms. The molecule has 1 amide bonds. The molecular formula is C23H25F3N2O4. The van der Waals surface area contributed by atoms with Crippen molar-refractivity contribution in [1.29, 1.82) is 0 Å². The van der Waals surface area contributed by atoms with Crippen LogP contribution in [0.25, 0.3) is 11.1 Å². The van der Waals surface area contributed by atoms with Gasteiger partial charge < -0.3 is 19.9 Å². The van der Waals surface area contributed by atoms with Gasteiger partial charge in [-0.25, -0.2) is 4.98 Å². The number of alkyl halides is 3. The van der Waals surface area contributed by atoms with E-state index in [-0.39, 0.29) is 23.8 Å². The summed E-state index contributed by atoms with van der Waals surface area (Å²) in [5.41, 5.74) is 0.331. The molecule has 0 bridgehead atoms. The summed E-state index contributed by atoms with van der Waals surface area (Å²) >= 11 is 0. The summed E-state index contributed by atoms with van der Waals surface area (Å²) in [6, 6.07) is 6.92. The normalized spacial score (nSPS) is 18.0. The van der Waals surface area contributed by atoms with Crippen molar-refractivity contribution >= 4 is 5.91 Å². The largest absolute Gasteiger partial charge is 0.573 e. The summed E-state index contributed by atoms with van der Waals surface area (Å²) in [5, 5.41) is 13.2. The van der Waals surface area contributed by atoms with Crippen LogP contribution >= 0.6 is 0 Å².